The molecule has 0 N–H and O–H groups in total. The van der Waals surface area contributed by atoms with Crippen LogP contribution in [-0.2, 0) is 0 Å². The second-order valence-corrected chi connectivity index (χ2v) is 12.3. The van der Waals surface area contributed by atoms with Crippen LogP contribution in [0, 0.1) is 0 Å². The molecule has 194 valence electrons. The van der Waals surface area contributed by atoms with Crippen molar-refractivity contribution in [3.05, 3.63) is 82.6 Å². The molecule has 1 nitrogen and oxygen atoms in total. The number of hydrogen-bond donors (Lipinski definition) is 0. The molecule has 0 aliphatic heterocycles. The van der Waals surface area contributed by atoms with Crippen molar-refractivity contribution in [3.8, 4) is 0 Å². The molecule has 0 atom stereocenters. The van der Waals surface area contributed by atoms with Gasteiger partial charge in [-0.25, -0.2) is 4.98 Å². The minimum Gasteiger partial charge on any atom is -0.249 e. The number of pyridine rings is 1. The highest BCUT2D eigenvalue weighted by Gasteiger charge is 1.97. The summed E-state index contributed by atoms with van der Waals surface area (Å²) in [5.74, 6) is 1.17. The Hall–Kier alpha value is -1.45. The molecule has 1 rings (SSSR count). The van der Waals surface area contributed by atoms with Gasteiger partial charge in [0.15, 0.2) is 0 Å². The van der Waals surface area contributed by atoms with Gasteiger partial charge in [-0.3, -0.25) is 0 Å². The first kappa shape index (κ1) is 31.6. The first-order valence-electron chi connectivity index (χ1n) is 13.3. The summed E-state index contributed by atoms with van der Waals surface area (Å²) >= 11 is 0. The van der Waals surface area contributed by atoms with E-state index >= 15 is 0 Å². The average Bonchev–Trinajstić information content (AvgIpc) is 2.82. The van der Waals surface area contributed by atoms with Crippen LogP contribution in [0.3, 0.4) is 0 Å². The molecule has 0 spiro atoms. The van der Waals surface area contributed by atoms with Gasteiger partial charge >= 0.3 is 0 Å². The third-order valence-corrected chi connectivity index (χ3v) is 8.24. The molecule has 1 aromatic heterocycles. The number of unbranched alkanes of at least 4 members (excludes halogenated alkanes) is 1. The molecule has 0 aliphatic rings. The maximum Gasteiger partial charge on any atom is 0.106 e. The van der Waals surface area contributed by atoms with E-state index in [1.807, 2.05) is 29.1 Å². The molecule has 0 aromatic carbocycles. The van der Waals surface area contributed by atoms with Crippen LogP contribution in [0.1, 0.15) is 106 Å². The molecule has 0 aliphatic carbocycles. The lowest BCUT2D eigenvalue weighted by Gasteiger charge is -2.03. The van der Waals surface area contributed by atoms with E-state index in [-0.39, 0.29) is 0 Å². The SMILES string of the molecule is CC(C)=CCC/C(C)=C/CC/C(C)=C/CC/C=C(\C)CC/C=C(\C)CCCSSc1ccccn1. The maximum atomic E-state index is 4.35. The maximum absolute atomic E-state index is 4.35. The summed E-state index contributed by atoms with van der Waals surface area (Å²) in [6.45, 7) is 13.5. The predicted molar refractivity (Wildman–Crippen MR) is 163 cm³/mol. The van der Waals surface area contributed by atoms with Gasteiger partial charge in [0.1, 0.15) is 5.03 Å². The lowest BCUT2D eigenvalue weighted by atomic mass is 10.0. The summed E-state index contributed by atoms with van der Waals surface area (Å²) < 4.78 is 0. The number of rotatable bonds is 18. The predicted octanol–water partition coefficient (Wildman–Crippen LogP) is 11.5. The Morgan fingerprint density at radius 2 is 1.17 bits per heavy atom. The van der Waals surface area contributed by atoms with Gasteiger partial charge in [0.2, 0.25) is 0 Å². The fourth-order valence-corrected chi connectivity index (χ4v) is 5.62. The van der Waals surface area contributed by atoms with Crippen molar-refractivity contribution in [1.29, 1.82) is 0 Å². The van der Waals surface area contributed by atoms with Crippen molar-refractivity contribution in [3.63, 3.8) is 0 Å². The van der Waals surface area contributed by atoms with Crippen LogP contribution in [0.15, 0.2) is 87.7 Å². The van der Waals surface area contributed by atoms with E-state index in [4.69, 9.17) is 0 Å². The Balaban J connectivity index is 2.12. The van der Waals surface area contributed by atoms with Gasteiger partial charge in [-0.2, -0.15) is 0 Å². The molecule has 0 saturated carbocycles. The fraction of sp³-hybridized carbons (Fsp3) is 0.531. The number of allylic oxidation sites excluding steroid dienone is 10. The van der Waals surface area contributed by atoms with Crippen LogP contribution in [0.5, 0.6) is 0 Å². The van der Waals surface area contributed by atoms with Gasteiger partial charge in [-0.15, -0.1) is 0 Å². The lowest BCUT2D eigenvalue weighted by Crippen LogP contribution is -1.84. The van der Waals surface area contributed by atoms with Crippen molar-refractivity contribution in [2.75, 3.05) is 5.75 Å². The molecule has 35 heavy (non-hydrogen) atoms. The third kappa shape index (κ3) is 19.4. The van der Waals surface area contributed by atoms with Crippen molar-refractivity contribution >= 4 is 21.6 Å². The Morgan fingerprint density at radius 1 is 0.657 bits per heavy atom. The number of aromatic nitrogens is 1. The Kier molecular flexibility index (Phi) is 18.7. The molecule has 1 heterocycles. The Labute approximate surface area is 225 Å². The van der Waals surface area contributed by atoms with Gasteiger partial charge in [-0.1, -0.05) is 75.1 Å². The topological polar surface area (TPSA) is 12.9 Å². The summed E-state index contributed by atoms with van der Waals surface area (Å²) in [5, 5.41) is 1.10. The fourth-order valence-electron chi connectivity index (χ4n) is 3.66. The van der Waals surface area contributed by atoms with Crippen molar-refractivity contribution in [2.24, 2.45) is 0 Å². The van der Waals surface area contributed by atoms with E-state index in [0.29, 0.717) is 0 Å². The van der Waals surface area contributed by atoms with Crippen LogP contribution in [0.25, 0.3) is 0 Å². The van der Waals surface area contributed by atoms with E-state index < -0.39 is 0 Å². The van der Waals surface area contributed by atoms with E-state index in [1.54, 1.807) is 10.8 Å². The van der Waals surface area contributed by atoms with Gasteiger partial charge in [0.05, 0.1) is 0 Å². The largest absolute Gasteiger partial charge is 0.249 e. The highest BCUT2D eigenvalue weighted by molar-refractivity contribution is 8.76. The number of hydrogen-bond acceptors (Lipinski definition) is 3. The smallest absolute Gasteiger partial charge is 0.106 e. The standard InChI is InChI=1S/C32H49NS2/c1-27(2)15-11-18-30(5)21-12-19-28(3)16-7-8-17-29(4)20-13-22-31(6)23-14-26-34-35-32-24-9-10-25-33-32/h9-10,15-17,21-22,24-25H,7-8,11-14,18-20,23,26H2,1-6H3/b28-16+,29-17+,30-21+,31-22+. The summed E-state index contributed by atoms with van der Waals surface area (Å²) in [5.41, 5.74) is 7.53. The Morgan fingerprint density at radius 3 is 1.69 bits per heavy atom. The summed E-state index contributed by atoms with van der Waals surface area (Å²) in [6.07, 6.45) is 25.8. The lowest BCUT2D eigenvalue weighted by molar-refractivity contribution is 0.883. The molecule has 0 bridgehead atoms. The quantitative estimate of drug-likeness (QED) is 0.110. The zero-order valence-corrected chi connectivity index (χ0v) is 24.9. The minimum absolute atomic E-state index is 1.10. The average molecular weight is 512 g/mol. The molecule has 1 aromatic rings. The third-order valence-electron chi connectivity index (χ3n) is 5.89. The van der Waals surface area contributed by atoms with E-state index in [1.165, 1.54) is 78.6 Å². The molecule has 0 amide bonds. The molecular weight excluding hydrogens is 462 g/mol. The van der Waals surface area contributed by atoms with E-state index in [2.05, 4.69) is 83.0 Å². The van der Waals surface area contributed by atoms with Crippen molar-refractivity contribution in [1.82, 2.24) is 4.98 Å². The van der Waals surface area contributed by atoms with Crippen LogP contribution >= 0.6 is 21.6 Å². The molecular formula is C32H49NS2. The second-order valence-electron chi connectivity index (χ2n) is 9.85. The summed E-state index contributed by atoms with van der Waals surface area (Å²) in [7, 11) is 3.69. The Bertz CT molecular complexity index is 840. The van der Waals surface area contributed by atoms with E-state index in [9.17, 15) is 0 Å². The first-order chi connectivity index (χ1) is 16.9. The van der Waals surface area contributed by atoms with Crippen LogP contribution in [-0.4, -0.2) is 10.7 Å². The molecule has 0 unspecified atom stereocenters. The van der Waals surface area contributed by atoms with Crippen molar-refractivity contribution in [2.45, 2.75) is 111 Å². The van der Waals surface area contributed by atoms with Crippen LogP contribution < -0.4 is 0 Å². The van der Waals surface area contributed by atoms with Crippen molar-refractivity contribution < 1.29 is 0 Å². The number of nitrogens with zero attached hydrogens (tertiary/aromatic N) is 1. The highest BCUT2D eigenvalue weighted by Crippen LogP contribution is 2.30. The zero-order valence-electron chi connectivity index (χ0n) is 23.2. The normalized spacial score (nSPS) is 13.3. The van der Waals surface area contributed by atoms with Gasteiger partial charge in [0, 0.05) is 11.9 Å². The summed E-state index contributed by atoms with van der Waals surface area (Å²) in [4.78, 5) is 4.35. The monoisotopic (exact) mass is 511 g/mol. The first-order valence-corrected chi connectivity index (χ1v) is 15.6. The second kappa shape index (κ2) is 20.7. The molecule has 0 radical (unpaired) electrons. The van der Waals surface area contributed by atoms with Gasteiger partial charge < -0.3 is 0 Å². The highest BCUT2D eigenvalue weighted by atomic mass is 33.1. The molecule has 0 fully saturated rings. The van der Waals surface area contributed by atoms with E-state index in [0.717, 1.165) is 24.3 Å². The van der Waals surface area contributed by atoms with Crippen LogP contribution in [0.2, 0.25) is 0 Å². The zero-order chi connectivity index (χ0) is 25.7. The molecule has 0 saturated heterocycles. The van der Waals surface area contributed by atoms with Gasteiger partial charge in [-0.05, 0) is 129 Å². The van der Waals surface area contributed by atoms with Crippen LogP contribution in [0.4, 0.5) is 0 Å². The summed E-state index contributed by atoms with van der Waals surface area (Å²) in [6, 6.07) is 6.09. The van der Waals surface area contributed by atoms with Gasteiger partial charge in [0.25, 0.3) is 0 Å². The molecule has 3 heteroatoms. The minimum atomic E-state index is 1.10.